The fraction of sp³-hybridized carbons (Fsp3) is 0.0577. The average Bonchev–Trinajstić information content (AvgIpc) is 3.59. The van der Waals surface area contributed by atoms with Crippen LogP contribution in [0.2, 0.25) is 0 Å². The lowest BCUT2D eigenvalue weighted by Gasteiger charge is -2.19. The summed E-state index contributed by atoms with van der Waals surface area (Å²) in [5, 5.41) is 15.5. The first-order valence-electron chi connectivity index (χ1n) is 19.4. The summed E-state index contributed by atoms with van der Waals surface area (Å²) in [6, 6.07) is 60.2. The largest absolute Gasteiger partial charge is 0.355 e. The van der Waals surface area contributed by atoms with Gasteiger partial charge in [-0.3, -0.25) is 5.41 Å². The maximum Gasteiger partial charge on any atom is 0.161 e. The molecule has 8 aromatic rings. The lowest BCUT2D eigenvalue weighted by molar-refractivity contribution is 0.730. The van der Waals surface area contributed by atoms with Crippen LogP contribution in [0.25, 0.3) is 49.8 Å². The Bertz CT molecular complexity index is 2850. The Morgan fingerprint density at radius 1 is 0.649 bits per heavy atom. The van der Waals surface area contributed by atoms with Gasteiger partial charge in [0.05, 0.1) is 11.0 Å². The predicted molar refractivity (Wildman–Crippen MR) is 241 cm³/mol. The van der Waals surface area contributed by atoms with Crippen molar-refractivity contribution in [2.75, 3.05) is 5.32 Å². The van der Waals surface area contributed by atoms with Crippen molar-refractivity contribution in [3.8, 4) is 22.3 Å². The molecule has 57 heavy (non-hydrogen) atoms. The lowest BCUT2D eigenvalue weighted by atomic mass is 9.99. The molecule has 0 saturated heterocycles. The number of hydrogen-bond donors (Lipinski definition) is 2. The number of aromatic nitrogens is 1. The molecule has 1 aliphatic carbocycles. The van der Waals surface area contributed by atoms with Gasteiger partial charge in [0.25, 0.3) is 0 Å². The zero-order valence-electron chi connectivity index (χ0n) is 31.7. The molecule has 0 saturated carbocycles. The molecular weight excluding hydrogens is 695 g/mol. The molecule has 7 aromatic carbocycles. The first-order chi connectivity index (χ1) is 28.1. The molecule has 1 aromatic heterocycles. The van der Waals surface area contributed by atoms with E-state index in [4.69, 9.17) is 9.98 Å². The van der Waals surface area contributed by atoms with Crippen molar-refractivity contribution in [2.45, 2.75) is 13.3 Å². The van der Waals surface area contributed by atoms with E-state index in [1.54, 1.807) is 6.21 Å². The minimum absolute atomic E-state index is 0.122. The van der Waals surface area contributed by atoms with Gasteiger partial charge in [-0.25, -0.2) is 9.98 Å². The van der Waals surface area contributed by atoms with Crippen LogP contribution >= 0.6 is 0 Å². The van der Waals surface area contributed by atoms with Gasteiger partial charge in [-0.15, -0.1) is 0 Å². The molecule has 0 fully saturated rings. The monoisotopic (exact) mass is 735 g/mol. The van der Waals surface area contributed by atoms with Gasteiger partial charge in [-0.2, -0.15) is 0 Å². The number of benzene rings is 7. The highest BCUT2D eigenvalue weighted by molar-refractivity contribution is 6.15. The molecule has 2 N–H and O–H groups in total. The maximum atomic E-state index is 9.25. The number of anilines is 2. The van der Waals surface area contributed by atoms with Crippen molar-refractivity contribution in [1.29, 1.82) is 5.41 Å². The number of nitrogens with one attached hydrogen (secondary N) is 2. The number of hydrogen-bond acceptors (Lipinski definition) is 2. The molecule has 1 unspecified atom stereocenters. The van der Waals surface area contributed by atoms with Crippen LogP contribution in [0.3, 0.4) is 0 Å². The normalized spacial score (nSPS) is 14.3. The van der Waals surface area contributed by atoms with E-state index in [9.17, 15) is 5.41 Å². The van der Waals surface area contributed by atoms with E-state index in [0.29, 0.717) is 17.3 Å². The van der Waals surface area contributed by atoms with E-state index in [1.807, 2.05) is 84.9 Å². The van der Waals surface area contributed by atoms with Crippen LogP contribution in [0.5, 0.6) is 0 Å². The molecule has 1 atom stereocenters. The molecule has 1 aliphatic rings. The molecule has 5 heteroatoms. The SMILES string of the molecule is CC1C=CC=C(n2c3ccccc3c3cc(-c4ccccc4)c(Nc4cccc(C(=N)/N=C(\N=C\c5ccccc5)c5ccc(-c6ccccc6)cc5)c4)cc32)C1. The van der Waals surface area contributed by atoms with Crippen LogP contribution in [0.1, 0.15) is 30.0 Å². The smallest absolute Gasteiger partial charge is 0.161 e. The molecule has 274 valence electrons. The molecule has 0 spiro atoms. The van der Waals surface area contributed by atoms with Gasteiger partial charge in [0.15, 0.2) is 11.7 Å². The van der Waals surface area contributed by atoms with Crippen LogP contribution in [-0.2, 0) is 0 Å². The summed E-state index contributed by atoms with van der Waals surface area (Å²) in [7, 11) is 0. The van der Waals surface area contributed by atoms with Gasteiger partial charge < -0.3 is 9.88 Å². The van der Waals surface area contributed by atoms with Crippen LogP contribution in [0, 0.1) is 11.3 Å². The summed E-state index contributed by atoms with van der Waals surface area (Å²) < 4.78 is 2.43. The first kappa shape index (κ1) is 35.3. The van der Waals surface area contributed by atoms with Gasteiger partial charge in [0.2, 0.25) is 0 Å². The number of amidine groups is 2. The predicted octanol–water partition coefficient (Wildman–Crippen LogP) is 13.2. The number of para-hydroxylation sites is 1. The van der Waals surface area contributed by atoms with Crippen LogP contribution < -0.4 is 5.32 Å². The van der Waals surface area contributed by atoms with Gasteiger partial charge in [-0.05, 0) is 71.0 Å². The van der Waals surface area contributed by atoms with E-state index in [0.717, 1.165) is 56.7 Å². The molecule has 0 radical (unpaired) electrons. The van der Waals surface area contributed by atoms with E-state index < -0.39 is 0 Å². The van der Waals surface area contributed by atoms with Gasteiger partial charge >= 0.3 is 0 Å². The number of nitrogens with zero attached hydrogens (tertiary/aromatic N) is 3. The quantitative estimate of drug-likeness (QED) is 0.118. The van der Waals surface area contributed by atoms with E-state index in [-0.39, 0.29) is 5.84 Å². The Kier molecular flexibility index (Phi) is 9.78. The molecule has 1 heterocycles. The van der Waals surface area contributed by atoms with Gasteiger partial charge in [0, 0.05) is 50.7 Å². The maximum absolute atomic E-state index is 9.25. The second kappa shape index (κ2) is 15.8. The minimum Gasteiger partial charge on any atom is -0.355 e. The molecule has 0 amide bonds. The van der Waals surface area contributed by atoms with Crippen LogP contribution in [0.4, 0.5) is 11.4 Å². The molecular formula is C52H41N5. The zero-order valence-corrected chi connectivity index (χ0v) is 31.7. The lowest BCUT2D eigenvalue weighted by Crippen LogP contribution is -2.05. The van der Waals surface area contributed by atoms with Crippen LogP contribution in [-0.4, -0.2) is 22.5 Å². The summed E-state index contributed by atoms with van der Waals surface area (Å²) in [5.41, 5.74) is 12.4. The molecule has 9 rings (SSSR count). The van der Waals surface area contributed by atoms with Crippen molar-refractivity contribution in [1.82, 2.24) is 4.57 Å². The molecule has 0 bridgehead atoms. The Morgan fingerprint density at radius 2 is 1.33 bits per heavy atom. The van der Waals surface area contributed by atoms with Crippen molar-refractivity contribution >= 4 is 56.8 Å². The van der Waals surface area contributed by atoms with Gasteiger partial charge in [-0.1, -0.05) is 165 Å². The van der Waals surface area contributed by atoms with E-state index in [2.05, 4.69) is 126 Å². The Morgan fingerprint density at radius 3 is 2.09 bits per heavy atom. The Balaban J connectivity index is 1.10. The average molecular weight is 736 g/mol. The fourth-order valence-corrected chi connectivity index (χ4v) is 7.63. The highest BCUT2D eigenvalue weighted by atomic mass is 15.0. The summed E-state index contributed by atoms with van der Waals surface area (Å²) in [5.74, 6) is 1.05. The van der Waals surface area contributed by atoms with Gasteiger partial charge in [0.1, 0.15) is 0 Å². The summed E-state index contributed by atoms with van der Waals surface area (Å²) in [4.78, 5) is 9.66. The third kappa shape index (κ3) is 7.51. The number of aliphatic imine (C=N–C) groups is 2. The third-order valence-electron chi connectivity index (χ3n) is 10.5. The van der Waals surface area contributed by atoms with Crippen molar-refractivity contribution in [2.24, 2.45) is 15.9 Å². The van der Waals surface area contributed by atoms with Crippen molar-refractivity contribution < 1.29 is 0 Å². The Labute approximate surface area is 333 Å². The summed E-state index contributed by atoms with van der Waals surface area (Å²) in [6.45, 7) is 2.27. The summed E-state index contributed by atoms with van der Waals surface area (Å²) in [6.07, 6.45) is 9.47. The van der Waals surface area contributed by atoms with E-state index >= 15 is 0 Å². The Hall–Kier alpha value is -7.37. The second-order valence-corrected chi connectivity index (χ2v) is 14.5. The highest BCUT2D eigenvalue weighted by Crippen LogP contribution is 2.41. The number of fused-ring (bicyclic) bond motifs is 3. The van der Waals surface area contributed by atoms with Crippen molar-refractivity contribution in [3.05, 3.63) is 211 Å². The van der Waals surface area contributed by atoms with Crippen molar-refractivity contribution in [3.63, 3.8) is 0 Å². The molecule has 5 nitrogen and oxygen atoms in total. The van der Waals surface area contributed by atoms with E-state index in [1.165, 1.54) is 22.0 Å². The standard InChI is InChI=1S/C52H41N5/c1-36-15-13-24-44(31-36)57-49-26-12-11-25-45(49)47-33-46(40-20-9-4-10-21-40)48(34-50(47)57)55-43-23-14-22-42(32-43)51(53)56-52(54-35-37-16-5-2-6-17-37)41-29-27-39(28-30-41)38-18-7-3-8-19-38/h2-30,32-36,53,55H,31H2,1H3/b53-51?,54-35+,56-52-. The number of rotatable bonds is 8. The number of allylic oxidation sites excluding steroid dienone is 4. The fourth-order valence-electron chi connectivity index (χ4n) is 7.63. The first-order valence-corrected chi connectivity index (χ1v) is 19.4. The zero-order chi connectivity index (χ0) is 38.6. The second-order valence-electron chi connectivity index (χ2n) is 14.5. The minimum atomic E-state index is 0.122. The highest BCUT2D eigenvalue weighted by Gasteiger charge is 2.19. The molecule has 0 aliphatic heterocycles. The summed E-state index contributed by atoms with van der Waals surface area (Å²) >= 11 is 0. The topological polar surface area (TPSA) is 65.5 Å². The van der Waals surface area contributed by atoms with Crippen LogP contribution in [0.15, 0.2) is 204 Å². The third-order valence-corrected chi connectivity index (χ3v) is 10.5.